The Labute approximate surface area is 113 Å². The summed E-state index contributed by atoms with van der Waals surface area (Å²) < 4.78 is 40.5. The van der Waals surface area contributed by atoms with Gasteiger partial charge in [-0.25, -0.2) is 4.98 Å². The minimum absolute atomic E-state index is 0.353. The first kappa shape index (κ1) is 14.8. The second kappa shape index (κ2) is 5.08. The van der Waals surface area contributed by atoms with Crippen molar-refractivity contribution in [3.05, 3.63) is 18.2 Å². The number of aromatic nitrogens is 2. The largest absolute Gasteiger partial charge is 0.425 e. The van der Waals surface area contributed by atoms with Gasteiger partial charge in [0.25, 0.3) is 0 Å². The van der Waals surface area contributed by atoms with Crippen LogP contribution in [0.4, 0.5) is 13.2 Å². The molecule has 1 aliphatic rings. The van der Waals surface area contributed by atoms with Crippen molar-refractivity contribution in [2.45, 2.75) is 31.0 Å². The van der Waals surface area contributed by atoms with E-state index >= 15 is 0 Å². The predicted molar refractivity (Wildman–Crippen MR) is 63.5 cm³/mol. The number of hydrogen-bond acceptors (Lipinski definition) is 3. The Morgan fingerprint density at radius 3 is 2.65 bits per heavy atom. The average molecular weight is 291 g/mol. The number of amides is 1. The van der Waals surface area contributed by atoms with E-state index < -0.39 is 29.9 Å². The Kier molecular flexibility index (Phi) is 3.77. The molecule has 1 aromatic heterocycles. The van der Waals surface area contributed by atoms with E-state index in [1.807, 2.05) is 0 Å². The highest BCUT2D eigenvalue weighted by Gasteiger charge is 2.58. The number of carbonyl (C=O) groups is 1. The topological polar surface area (TPSA) is 67.1 Å². The molecule has 1 heterocycles. The Bertz CT molecular complexity index is 496. The molecule has 1 amide bonds. The molecule has 0 saturated heterocycles. The molecule has 1 aromatic rings. The van der Waals surface area contributed by atoms with Crippen LogP contribution in [-0.4, -0.2) is 33.3 Å². The molecule has 2 N–H and O–H groups in total. The fourth-order valence-electron chi connectivity index (χ4n) is 1.95. The number of halogens is 3. The zero-order valence-electron chi connectivity index (χ0n) is 10.9. The molecule has 1 fully saturated rings. The van der Waals surface area contributed by atoms with Crippen molar-refractivity contribution >= 4 is 5.91 Å². The van der Waals surface area contributed by atoms with Crippen LogP contribution in [-0.2, 0) is 17.4 Å². The van der Waals surface area contributed by atoms with Crippen LogP contribution >= 0.6 is 0 Å². The average Bonchev–Trinajstić information content (AvgIpc) is 3.06. The lowest BCUT2D eigenvalue weighted by atomic mass is 9.97. The number of aryl methyl sites for hydroxylation is 1. The monoisotopic (exact) mass is 291 g/mol. The van der Waals surface area contributed by atoms with Gasteiger partial charge >= 0.3 is 6.18 Å². The van der Waals surface area contributed by atoms with Gasteiger partial charge in [0.2, 0.25) is 11.5 Å². The molecule has 0 unspecified atom stereocenters. The highest BCUT2D eigenvalue weighted by Crippen LogP contribution is 2.40. The first-order valence-corrected chi connectivity index (χ1v) is 6.27. The van der Waals surface area contributed by atoms with Crippen molar-refractivity contribution < 1.29 is 23.1 Å². The molecule has 1 saturated carbocycles. The number of rotatable bonds is 5. The molecule has 8 heteroatoms. The summed E-state index contributed by atoms with van der Waals surface area (Å²) in [6.45, 7) is 0.354. The van der Waals surface area contributed by atoms with Crippen LogP contribution < -0.4 is 5.32 Å². The van der Waals surface area contributed by atoms with Crippen LogP contribution in [0.25, 0.3) is 0 Å². The minimum Gasteiger partial charge on any atom is -0.374 e. The second-order valence-electron chi connectivity index (χ2n) is 5.14. The zero-order chi connectivity index (χ0) is 15.0. The van der Waals surface area contributed by atoms with Gasteiger partial charge < -0.3 is 15.0 Å². The van der Waals surface area contributed by atoms with Crippen LogP contribution in [0.5, 0.6) is 0 Å². The third-order valence-electron chi connectivity index (χ3n) is 3.36. The van der Waals surface area contributed by atoms with Gasteiger partial charge in [0, 0.05) is 26.0 Å². The van der Waals surface area contributed by atoms with E-state index in [0.717, 1.165) is 23.6 Å². The van der Waals surface area contributed by atoms with Crippen molar-refractivity contribution in [2.24, 2.45) is 13.0 Å². The quantitative estimate of drug-likeness (QED) is 0.853. The van der Waals surface area contributed by atoms with Gasteiger partial charge in [0.1, 0.15) is 0 Å². The Balaban J connectivity index is 2.15. The number of carbonyl (C=O) groups excluding carboxylic acids is 1. The number of imidazole rings is 1. The summed E-state index contributed by atoms with van der Waals surface area (Å²) in [5.41, 5.74) is -3.28. The molecule has 20 heavy (non-hydrogen) atoms. The first-order valence-electron chi connectivity index (χ1n) is 6.27. The minimum atomic E-state index is -4.98. The third-order valence-corrected chi connectivity index (χ3v) is 3.36. The Hall–Kier alpha value is -1.57. The fraction of sp³-hybridized carbons (Fsp3) is 0.667. The predicted octanol–water partition coefficient (Wildman–Crippen LogP) is 1.09. The highest BCUT2D eigenvalue weighted by molar-refractivity contribution is 5.77. The van der Waals surface area contributed by atoms with Gasteiger partial charge in [-0.05, 0) is 18.8 Å². The van der Waals surface area contributed by atoms with Crippen molar-refractivity contribution in [3.8, 4) is 0 Å². The van der Waals surface area contributed by atoms with Gasteiger partial charge in [-0.15, -0.1) is 0 Å². The lowest BCUT2D eigenvalue weighted by Crippen LogP contribution is -2.48. The van der Waals surface area contributed by atoms with Crippen molar-refractivity contribution in [1.82, 2.24) is 14.9 Å². The van der Waals surface area contributed by atoms with E-state index in [4.69, 9.17) is 0 Å². The number of aliphatic hydroxyl groups is 1. The van der Waals surface area contributed by atoms with E-state index in [0.29, 0.717) is 12.5 Å². The summed E-state index contributed by atoms with van der Waals surface area (Å²) in [5, 5.41) is 12.4. The summed E-state index contributed by atoms with van der Waals surface area (Å²) in [7, 11) is 1.33. The maximum Gasteiger partial charge on any atom is 0.425 e. The molecule has 5 nitrogen and oxygen atoms in total. The molecule has 0 spiro atoms. The molecule has 0 aliphatic heterocycles. The molecular weight excluding hydrogens is 275 g/mol. The fourth-order valence-corrected chi connectivity index (χ4v) is 1.95. The lowest BCUT2D eigenvalue weighted by Gasteiger charge is -2.29. The normalized spacial score (nSPS) is 18.6. The van der Waals surface area contributed by atoms with Crippen molar-refractivity contribution in [2.75, 3.05) is 6.54 Å². The van der Waals surface area contributed by atoms with Gasteiger partial charge in [-0.1, -0.05) is 0 Å². The van der Waals surface area contributed by atoms with Crippen LogP contribution in [0.3, 0.4) is 0 Å². The van der Waals surface area contributed by atoms with Crippen LogP contribution in [0.1, 0.15) is 25.1 Å². The maximum absolute atomic E-state index is 13.1. The van der Waals surface area contributed by atoms with Gasteiger partial charge in [0.15, 0.2) is 5.82 Å². The third kappa shape index (κ3) is 2.95. The summed E-state index contributed by atoms with van der Waals surface area (Å²) in [5.74, 6) is -1.07. The molecule has 112 valence electrons. The number of alkyl halides is 3. The standard InChI is InChI=1S/C12H16F3N3O2/c1-18-5-4-16-10(18)11(20,12(13,14)15)6-9(19)17-7-8-2-3-8/h4-5,8,20H,2-3,6-7H2,1H3,(H,17,19)/t11-/m1/s1. The number of nitrogens with one attached hydrogen (secondary N) is 1. The first-order chi connectivity index (χ1) is 9.24. The molecule has 0 radical (unpaired) electrons. The smallest absolute Gasteiger partial charge is 0.374 e. The SMILES string of the molecule is Cn1ccnc1[C@](O)(CC(=O)NCC1CC1)C(F)(F)F. The Morgan fingerprint density at radius 2 is 2.20 bits per heavy atom. The van der Waals surface area contributed by atoms with Crippen molar-refractivity contribution in [3.63, 3.8) is 0 Å². The van der Waals surface area contributed by atoms with Crippen LogP contribution in [0, 0.1) is 5.92 Å². The second-order valence-corrected chi connectivity index (χ2v) is 5.14. The van der Waals surface area contributed by atoms with E-state index in [1.165, 1.54) is 13.2 Å². The molecule has 2 rings (SSSR count). The molecule has 0 bridgehead atoms. The van der Waals surface area contributed by atoms with E-state index in [9.17, 15) is 23.1 Å². The lowest BCUT2D eigenvalue weighted by molar-refractivity contribution is -0.271. The molecular formula is C12H16F3N3O2. The summed E-state index contributed by atoms with van der Waals surface area (Å²) in [6, 6.07) is 0. The zero-order valence-corrected chi connectivity index (χ0v) is 10.9. The summed E-state index contributed by atoms with van der Waals surface area (Å²) in [6.07, 6.45) is -1.69. The van der Waals surface area contributed by atoms with E-state index in [-0.39, 0.29) is 0 Å². The summed E-state index contributed by atoms with van der Waals surface area (Å²) >= 11 is 0. The number of nitrogens with zero attached hydrogens (tertiary/aromatic N) is 2. The van der Waals surface area contributed by atoms with Crippen molar-refractivity contribution in [1.29, 1.82) is 0 Å². The molecule has 1 atom stereocenters. The molecule has 1 aliphatic carbocycles. The highest BCUT2D eigenvalue weighted by atomic mass is 19.4. The summed E-state index contributed by atoms with van der Waals surface area (Å²) in [4.78, 5) is 15.2. The van der Waals surface area contributed by atoms with Gasteiger partial charge in [-0.2, -0.15) is 13.2 Å². The van der Waals surface area contributed by atoms with Crippen LogP contribution in [0.2, 0.25) is 0 Å². The van der Waals surface area contributed by atoms with Gasteiger partial charge in [0.05, 0.1) is 6.42 Å². The maximum atomic E-state index is 13.1. The van der Waals surface area contributed by atoms with Gasteiger partial charge in [-0.3, -0.25) is 4.79 Å². The Morgan fingerprint density at radius 1 is 1.55 bits per heavy atom. The van der Waals surface area contributed by atoms with E-state index in [1.54, 1.807) is 0 Å². The number of hydrogen-bond donors (Lipinski definition) is 2. The van der Waals surface area contributed by atoms with E-state index in [2.05, 4.69) is 10.3 Å². The molecule has 0 aromatic carbocycles. The van der Waals surface area contributed by atoms with Crippen LogP contribution in [0.15, 0.2) is 12.4 Å².